The van der Waals surface area contributed by atoms with Crippen molar-refractivity contribution in [3.05, 3.63) is 49.1 Å². The number of anilines is 2. The van der Waals surface area contributed by atoms with Crippen LogP contribution in [-0.2, 0) is 11.3 Å². The van der Waals surface area contributed by atoms with E-state index in [4.69, 9.17) is 10.2 Å². The number of nitrogens with one attached hydrogen (secondary N) is 1. The van der Waals surface area contributed by atoms with Crippen LogP contribution >= 0.6 is 0 Å². The first-order valence-corrected chi connectivity index (χ1v) is 6.28. The van der Waals surface area contributed by atoms with Crippen LogP contribution in [-0.4, -0.2) is 20.7 Å². The molecule has 21 heavy (non-hydrogen) atoms. The molecular weight excluding hydrogens is 270 g/mol. The fourth-order valence-electron chi connectivity index (χ4n) is 1.89. The third-order valence-electron chi connectivity index (χ3n) is 2.85. The Morgan fingerprint density at radius 1 is 1.29 bits per heavy atom. The number of nitrogens with zero attached hydrogens (tertiary/aromatic N) is 3. The second-order valence-electron chi connectivity index (χ2n) is 4.43. The predicted octanol–water partition coefficient (Wildman–Crippen LogP) is 1.76. The van der Waals surface area contributed by atoms with Gasteiger partial charge in [0.05, 0.1) is 6.20 Å². The Morgan fingerprint density at radius 3 is 2.71 bits per heavy atom. The summed E-state index contributed by atoms with van der Waals surface area (Å²) in [5.41, 5.74) is 7.08. The highest BCUT2D eigenvalue weighted by Crippen LogP contribution is 2.20. The monoisotopic (exact) mass is 283 g/mol. The van der Waals surface area contributed by atoms with E-state index >= 15 is 0 Å². The first-order chi connectivity index (χ1) is 10.2. The van der Waals surface area contributed by atoms with Gasteiger partial charge in [-0.2, -0.15) is 5.10 Å². The van der Waals surface area contributed by atoms with Crippen molar-refractivity contribution in [2.45, 2.75) is 6.54 Å². The summed E-state index contributed by atoms with van der Waals surface area (Å²) in [6.07, 6.45) is 4.67. The van der Waals surface area contributed by atoms with Crippen LogP contribution in [0.15, 0.2) is 53.5 Å². The van der Waals surface area contributed by atoms with Crippen LogP contribution in [0.5, 0.6) is 0 Å². The predicted molar refractivity (Wildman–Crippen MR) is 77.2 cm³/mol. The number of nitrogen functional groups attached to an aromatic ring is 1. The van der Waals surface area contributed by atoms with Crippen LogP contribution in [0, 0.1) is 0 Å². The molecule has 2 heterocycles. The Kier molecular flexibility index (Phi) is 3.38. The average molecular weight is 283 g/mol. The fraction of sp³-hybridized carbons (Fsp3) is 0.0714. The molecule has 7 nitrogen and oxygen atoms in total. The number of benzene rings is 1. The molecule has 0 aliphatic rings. The number of nitrogens with two attached hydrogens (primary N) is 1. The lowest BCUT2D eigenvalue weighted by Crippen LogP contribution is -2.19. The Bertz CT molecular complexity index is 731. The number of amides is 1. The first-order valence-electron chi connectivity index (χ1n) is 6.28. The quantitative estimate of drug-likeness (QED) is 0.760. The van der Waals surface area contributed by atoms with Gasteiger partial charge in [0, 0.05) is 17.4 Å². The van der Waals surface area contributed by atoms with Crippen molar-refractivity contribution in [1.29, 1.82) is 0 Å². The van der Waals surface area contributed by atoms with Crippen LogP contribution in [0.3, 0.4) is 0 Å². The van der Waals surface area contributed by atoms with Crippen molar-refractivity contribution >= 4 is 17.4 Å². The van der Waals surface area contributed by atoms with Crippen molar-refractivity contribution in [3.63, 3.8) is 0 Å². The maximum atomic E-state index is 11.9. The summed E-state index contributed by atoms with van der Waals surface area (Å²) in [5, 5.41) is 6.74. The number of carbonyl (C=O) groups is 1. The van der Waals surface area contributed by atoms with Gasteiger partial charge in [-0.05, 0) is 30.3 Å². The highest BCUT2D eigenvalue weighted by molar-refractivity contribution is 5.90. The molecule has 0 aliphatic carbocycles. The van der Waals surface area contributed by atoms with E-state index in [1.54, 1.807) is 30.6 Å². The highest BCUT2D eigenvalue weighted by Gasteiger charge is 2.06. The Labute approximate surface area is 120 Å². The minimum Gasteiger partial charge on any atom is -0.444 e. The third kappa shape index (κ3) is 3.08. The van der Waals surface area contributed by atoms with E-state index in [0.717, 1.165) is 5.56 Å². The Balaban J connectivity index is 1.63. The van der Waals surface area contributed by atoms with Gasteiger partial charge >= 0.3 is 0 Å². The number of carbonyl (C=O) groups excluding carboxylic acids is 1. The zero-order valence-electron chi connectivity index (χ0n) is 11.1. The van der Waals surface area contributed by atoms with Crippen LogP contribution in [0.25, 0.3) is 11.3 Å². The molecule has 0 unspecified atom stereocenters. The van der Waals surface area contributed by atoms with Crippen molar-refractivity contribution in [2.24, 2.45) is 0 Å². The van der Waals surface area contributed by atoms with E-state index in [-0.39, 0.29) is 12.5 Å². The van der Waals surface area contributed by atoms with E-state index in [1.807, 2.05) is 12.1 Å². The van der Waals surface area contributed by atoms with E-state index in [1.165, 1.54) is 11.1 Å². The van der Waals surface area contributed by atoms with Crippen LogP contribution in [0.4, 0.5) is 11.5 Å². The van der Waals surface area contributed by atoms with Crippen LogP contribution in [0.1, 0.15) is 0 Å². The van der Waals surface area contributed by atoms with Crippen molar-refractivity contribution in [3.8, 4) is 11.3 Å². The molecular formula is C14H13N5O2. The third-order valence-corrected chi connectivity index (χ3v) is 2.85. The van der Waals surface area contributed by atoms with Gasteiger partial charge in [0.2, 0.25) is 5.91 Å². The molecule has 2 aromatic heterocycles. The molecule has 0 bridgehead atoms. The maximum Gasteiger partial charge on any atom is 0.246 e. The maximum absolute atomic E-state index is 11.9. The lowest BCUT2D eigenvalue weighted by atomic mass is 10.2. The van der Waals surface area contributed by atoms with Gasteiger partial charge in [-0.25, -0.2) is 4.98 Å². The lowest BCUT2D eigenvalue weighted by Gasteiger charge is -2.06. The van der Waals surface area contributed by atoms with Crippen LogP contribution in [0.2, 0.25) is 0 Å². The Hall–Kier alpha value is -3.09. The molecule has 3 rings (SSSR count). The minimum absolute atomic E-state index is 0.112. The molecule has 0 radical (unpaired) electrons. The summed E-state index contributed by atoms with van der Waals surface area (Å²) in [6, 6.07) is 8.93. The summed E-state index contributed by atoms with van der Waals surface area (Å²) in [7, 11) is 0. The molecule has 0 saturated heterocycles. The molecule has 0 saturated carbocycles. The summed E-state index contributed by atoms with van der Waals surface area (Å²) in [5.74, 6) is 0.893. The minimum atomic E-state index is -0.175. The van der Waals surface area contributed by atoms with Gasteiger partial charge in [0.25, 0.3) is 0 Å². The zero-order valence-corrected chi connectivity index (χ0v) is 11.1. The standard InChI is InChI=1S/C14H13N5O2/c15-13-5-6-19(18-13)8-14(20)17-11-3-1-10(2-4-11)12-7-16-9-21-12/h1-7,9H,8H2,(H2,15,18)(H,17,20). The number of aromatic nitrogens is 3. The summed E-state index contributed by atoms with van der Waals surface area (Å²) in [6.45, 7) is 0.112. The smallest absolute Gasteiger partial charge is 0.246 e. The summed E-state index contributed by atoms with van der Waals surface area (Å²) >= 11 is 0. The SMILES string of the molecule is Nc1ccn(CC(=O)Nc2ccc(-c3cnco3)cc2)n1. The molecule has 0 aliphatic heterocycles. The molecule has 7 heteroatoms. The summed E-state index contributed by atoms with van der Waals surface area (Å²) < 4.78 is 6.68. The van der Waals surface area contributed by atoms with E-state index in [0.29, 0.717) is 17.3 Å². The van der Waals surface area contributed by atoms with Gasteiger partial charge in [0.1, 0.15) is 12.4 Å². The average Bonchev–Trinajstić information content (AvgIpc) is 3.11. The second-order valence-corrected chi connectivity index (χ2v) is 4.43. The van der Waals surface area contributed by atoms with Gasteiger partial charge < -0.3 is 15.5 Å². The van der Waals surface area contributed by atoms with E-state index in [2.05, 4.69) is 15.4 Å². The van der Waals surface area contributed by atoms with E-state index in [9.17, 15) is 4.79 Å². The summed E-state index contributed by atoms with van der Waals surface area (Å²) in [4.78, 5) is 15.7. The van der Waals surface area contributed by atoms with E-state index < -0.39 is 0 Å². The molecule has 0 fully saturated rings. The molecule has 1 amide bonds. The first kappa shape index (κ1) is 12.9. The number of hydrogen-bond donors (Lipinski definition) is 2. The molecule has 1 aromatic carbocycles. The molecule has 3 aromatic rings. The zero-order chi connectivity index (χ0) is 14.7. The molecule has 106 valence electrons. The topological polar surface area (TPSA) is 99.0 Å². The molecule has 3 N–H and O–H groups in total. The van der Waals surface area contributed by atoms with Crippen molar-refractivity contribution in [1.82, 2.24) is 14.8 Å². The number of rotatable bonds is 4. The number of oxazole rings is 1. The van der Waals surface area contributed by atoms with Gasteiger partial charge in [0.15, 0.2) is 12.2 Å². The Morgan fingerprint density at radius 2 is 2.10 bits per heavy atom. The van der Waals surface area contributed by atoms with Gasteiger partial charge in [-0.15, -0.1) is 0 Å². The van der Waals surface area contributed by atoms with Gasteiger partial charge in [-0.3, -0.25) is 9.48 Å². The van der Waals surface area contributed by atoms with Gasteiger partial charge in [-0.1, -0.05) is 0 Å². The fourth-order valence-corrected chi connectivity index (χ4v) is 1.89. The van der Waals surface area contributed by atoms with Crippen molar-refractivity contribution < 1.29 is 9.21 Å². The molecule has 0 atom stereocenters. The van der Waals surface area contributed by atoms with Crippen LogP contribution < -0.4 is 11.1 Å². The lowest BCUT2D eigenvalue weighted by molar-refractivity contribution is -0.116. The second kappa shape index (κ2) is 5.49. The molecule has 0 spiro atoms. The van der Waals surface area contributed by atoms with Crippen molar-refractivity contribution in [2.75, 3.05) is 11.1 Å². The normalized spacial score (nSPS) is 10.5. The number of hydrogen-bond acceptors (Lipinski definition) is 5. The highest BCUT2D eigenvalue weighted by atomic mass is 16.3. The largest absolute Gasteiger partial charge is 0.444 e.